The third-order valence-electron chi connectivity index (χ3n) is 3.67. The Labute approximate surface area is 145 Å². The van der Waals surface area contributed by atoms with Crippen molar-refractivity contribution in [3.63, 3.8) is 0 Å². The van der Waals surface area contributed by atoms with Gasteiger partial charge < -0.3 is 20.3 Å². The second kappa shape index (κ2) is 11.8. The van der Waals surface area contributed by atoms with Crippen LogP contribution in [-0.2, 0) is 11.3 Å². The average molecular weight is 338 g/mol. The molecule has 5 nitrogen and oxygen atoms in total. The van der Waals surface area contributed by atoms with Crippen molar-refractivity contribution in [3.8, 4) is 0 Å². The first-order valence-electron chi connectivity index (χ1n) is 8.51. The van der Waals surface area contributed by atoms with Gasteiger partial charge in [-0.05, 0) is 44.5 Å². The lowest BCUT2D eigenvalue weighted by atomic mass is 10.1. The third-order valence-corrected chi connectivity index (χ3v) is 3.67. The fourth-order valence-electron chi connectivity index (χ4n) is 2.20. The molecule has 1 aromatic rings. The van der Waals surface area contributed by atoms with Crippen LogP contribution in [0.25, 0.3) is 0 Å². The second-order valence-corrected chi connectivity index (χ2v) is 5.86. The van der Waals surface area contributed by atoms with Crippen molar-refractivity contribution in [3.05, 3.63) is 35.1 Å². The van der Waals surface area contributed by atoms with Crippen molar-refractivity contribution >= 4 is 5.96 Å². The van der Waals surface area contributed by atoms with E-state index in [9.17, 15) is 4.39 Å². The van der Waals surface area contributed by atoms with Gasteiger partial charge in [0.25, 0.3) is 0 Å². The van der Waals surface area contributed by atoms with E-state index in [2.05, 4.69) is 27.6 Å². The average Bonchev–Trinajstić information content (AvgIpc) is 2.56. The van der Waals surface area contributed by atoms with E-state index in [-0.39, 0.29) is 5.82 Å². The van der Waals surface area contributed by atoms with Crippen molar-refractivity contribution < 1.29 is 9.13 Å². The molecule has 136 valence electrons. The Morgan fingerprint density at radius 3 is 2.75 bits per heavy atom. The largest absolute Gasteiger partial charge is 0.385 e. The lowest BCUT2D eigenvalue weighted by molar-refractivity contribution is 0.180. The van der Waals surface area contributed by atoms with Crippen molar-refractivity contribution in [2.24, 2.45) is 4.99 Å². The van der Waals surface area contributed by atoms with Crippen molar-refractivity contribution in [1.29, 1.82) is 0 Å². The SMILES string of the molecule is CCNC(=NCc1ccc(C)c(F)c1)NCCN(C)CCCOC. The first-order valence-corrected chi connectivity index (χ1v) is 8.51. The number of halogens is 1. The van der Waals surface area contributed by atoms with Gasteiger partial charge in [-0.25, -0.2) is 9.38 Å². The van der Waals surface area contributed by atoms with Gasteiger partial charge in [0.1, 0.15) is 5.82 Å². The Bertz CT molecular complexity index is 508. The van der Waals surface area contributed by atoms with E-state index in [1.165, 1.54) is 0 Å². The van der Waals surface area contributed by atoms with E-state index in [1.54, 1.807) is 26.2 Å². The van der Waals surface area contributed by atoms with Crippen LogP contribution in [0.1, 0.15) is 24.5 Å². The molecule has 0 aliphatic heterocycles. The van der Waals surface area contributed by atoms with Gasteiger partial charge >= 0.3 is 0 Å². The zero-order valence-electron chi connectivity index (χ0n) is 15.4. The number of ether oxygens (including phenoxy) is 1. The Morgan fingerprint density at radius 1 is 1.29 bits per heavy atom. The van der Waals surface area contributed by atoms with Gasteiger partial charge in [-0.3, -0.25) is 0 Å². The van der Waals surface area contributed by atoms with Crippen LogP contribution in [0.3, 0.4) is 0 Å². The molecule has 0 heterocycles. The Kier molecular flexibility index (Phi) is 10.0. The van der Waals surface area contributed by atoms with E-state index >= 15 is 0 Å². The van der Waals surface area contributed by atoms with Crippen LogP contribution in [0.5, 0.6) is 0 Å². The topological polar surface area (TPSA) is 48.9 Å². The van der Waals surface area contributed by atoms with Crippen LogP contribution in [0.15, 0.2) is 23.2 Å². The van der Waals surface area contributed by atoms with Crippen LogP contribution in [0.2, 0.25) is 0 Å². The monoisotopic (exact) mass is 338 g/mol. The number of aryl methyl sites for hydroxylation is 1. The number of benzene rings is 1. The highest BCUT2D eigenvalue weighted by molar-refractivity contribution is 5.79. The number of nitrogens with one attached hydrogen (secondary N) is 2. The summed E-state index contributed by atoms with van der Waals surface area (Å²) in [6, 6.07) is 5.25. The number of likely N-dealkylation sites (N-methyl/N-ethyl adjacent to an activating group) is 1. The van der Waals surface area contributed by atoms with Crippen LogP contribution in [0, 0.1) is 12.7 Å². The summed E-state index contributed by atoms with van der Waals surface area (Å²) in [5, 5.41) is 6.52. The van der Waals surface area contributed by atoms with Crippen LogP contribution >= 0.6 is 0 Å². The first-order chi connectivity index (χ1) is 11.6. The van der Waals surface area contributed by atoms with E-state index in [0.717, 1.165) is 50.7 Å². The molecule has 0 fully saturated rings. The molecule has 1 aromatic carbocycles. The predicted octanol–water partition coefficient (Wildman–Crippen LogP) is 2.16. The maximum atomic E-state index is 13.6. The van der Waals surface area contributed by atoms with Gasteiger partial charge in [-0.15, -0.1) is 0 Å². The van der Waals surface area contributed by atoms with Crippen LogP contribution < -0.4 is 10.6 Å². The molecule has 0 spiro atoms. The molecule has 0 aliphatic rings. The molecule has 0 radical (unpaired) electrons. The molecule has 0 saturated carbocycles. The van der Waals surface area contributed by atoms with Gasteiger partial charge in [0, 0.05) is 39.9 Å². The molecule has 1 rings (SSSR count). The molecule has 0 aliphatic carbocycles. The minimum Gasteiger partial charge on any atom is -0.385 e. The lowest BCUT2D eigenvalue weighted by Gasteiger charge is -2.18. The van der Waals surface area contributed by atoms with E-state index in [0.29, 0.717) is 12.1 Å². The maximum Gasteiger partial charge on any atom is 0.191 e. The molecule has 2 N–H and O–H groups in total. The summed E-state index contributed by atoms with van der Waals surface area (Å²) in [7, 11) is 3.82. The zero-order valence-corrected chi connectivity index (χ0v) is 15.4. The zero-order chi connectivity index (χ0) is 17.8. The van der Waals surface area contributed by atoms with Gasteiger partial charge in [-0.2, -0.15) is 0 Å². The van der Waals surface area contributed by atoms with E-state index < -0.39 is 0 Å². The quantitative estimate of drug-likeness (QED) is 0.390. The minimum absolute atomic E-state index is 0.182. The Morgan fingerprint density at radius 2 is 2.08 bits per heavy atom. The number of hydrogen-bond acceptors (Lipinski definition) is 3. The molecule has 0 saturated heterocycles. The van der Waals surface area contributed by atoms with Crippen molar-refractivity contribution in [1.82, 2.24) is 15.5 Å². The molecule has 0 aromatic heterocycles. The molecule has 24 heavy (non-hydrogen) atoms. The molecule has 0 unspecified atom stereocenters. The number of guanidine groups is 1. The van der Waals surface area contributed by atoms with Gasteiger partial charge in [0.15, 0.2) is 5.96 Å². The van der Waals surface area contributed by atoms with Crippen molar-refractivity contribution in [2.75, 3.05) is 46.9 Å². The first kappa shape index (κ1) is 20.4. The maximum absolute atomic E-state index is 13.6. The smallest absolute Gasteiger partial charge is 0.191 e. The number of aliphatic imine (C=N–C) groups is 1. The highest BCUT2D eigenvalue weighted by atomic mass is 19.1. The summed E-state index contributed by atoms with van der Waals surface area (Å²) in [5.74, 6) is 0.571. The normalized spacial score (nSPS) is 11.8. The second-order valence-electron chi connectivity index (χ2n) is 5.86. The number of rotatable bonds is 10. The van der Waals surface area contributed by atoms with Crippen molar-refractivity contribution in [2.45, 2.75) is 26.8 Å². The summed E-state index contributed by atoms with van der Waals surface area (Å²) < 4.78 is 18.6. The van der Waals surface area contributed by atoms with Crippen LogP contribution in [0.4, 0.5) is 4.39 Å². The molecular formula is C18H31FN4O. The summed E-state index contributed by atoms with van der Waals surface area (Å²) in [4.78, 5) is 6.77. The predicted molar refractivity (Wildman–Crippen MR) is 97.9 cm³/mol. The summed E-state index contributed by atoms with van der Waals surface area (Å²) >= 11 is 0. The molecular weight excluding hydrogens is 307 g/mol. The highest BCUT2D eigenvalue weighted by Gasteiger charge is 2.02. The third kappa shape index (κ3) is 8.26. The highest BCUT2D eigenvalue weighted by Crippen LogP contribution is 2.09. The van der Waals surface area contributed by atoms with Gasteiger partial charge in [0.2, 0.25) is 0 Å². The molecule has 0 bridgehead atoms. The Balaban J connectivity index is 2.43. The molecule has 6 heteroatoms. The summed E-state index contributed by atoms with van der Waals surface area (Å²) in [5.41, 5.74) is 1.52. The van der Waals surface area contributed by atoms with E-state index in [4.69, 9.17) is 4.74 Å². The van der Waals surface area contributed by atoms with Gasteiger partial charge in [0.05, 0.1) is 6.54 Å². The molecule has 0 amide bonds. The standard InChI is InChI=1S/C18H31FN4O/c1-5-20-18(21-9-11-23(3)10-6-12-24-4)22-14-16-8-7-15(2)17(19)13-16/h7-8,13H,5-6,9-12,14H2,1-4H3,(H2,20,21,22). The fraction of sp³-hybridized carbons (Fsp3) is 0.611. The fourth-order valence-corrected chi connectivity index (χ4v) is 2.20. The number of methoxy groups -OCH3 is 1. The Hall–Kier alpha value is -1.66. The van der Waals surface area contributed by atoms with E-state index in [1.807, 2.05) is 13.0 Å². The number of nitrogens with zero attached hydrogens (tertiary/aromatic N) is 2. The minimum atomic E-state index is -0.182. The molecule has 0 atom stereocenters. The summed E-state index contributed by atoms with van der Waals surface area (Å²) in [6.07, 6.45) is 1.03. The van der Waals surface area contributed by atoms with Crippen LogP contribution in [-0.4, -0.2) is 57.8 Å². The number of hydrogen-bond donors (Lipinski definition) is 2. The lowest BCUT2D eigenvalue weighted by Crippen LogP contribution is -2.41. The van der Waals surface area contributed by atoms with Gasteiger partial charge in [-0.1, -0.05) is 12.1 Å². The summed E-state index contributed by atoms with van der Waals surface area (Å²) in [6.45, 7) is 8.55.